The fourth-order valence-electron chi connectivity index (χ4n) is 3.10. The lowest BCUT2D eigenvalue weighted by atomic mass is 9.65. The third-order valence-electron chi connectivity index (χ3n) is 4.72. The van der Waals surface area contributed by atoms with Gasteiger partial charge >= 0.3 is 0 Å². The molecule has 1 rings (SSSR count). The Labute approximate surface area is 121 Å². The molecule has 0 atom stereocenters. The first-order valence-corrected chi connectivity index (χ1v) is 8.72. The lowest BCUT2D eigenvalue weighted by molar-refractivity contribution is 0.102. The van der Waals surface area contributed by atoms with Gasteiger partial charge in [-0.15, -0.1) is 0 Å². The van der Waals surface area contributed by atoms with Crippen molar-refractivity contribution in [1.82, 2.24) is 5.32 Å². The summed E-state index contributed by atoms with van der Waals surface area (Å²) in [5.74, 6) is 0. The first-order valence-electron chi connectivity index (χ1n) is 8.72. The standard InChI is InChI=1S/C18H37N/c1-5-6-7-8-9-10-11-13-18(14-12-15-18)16-19-17(2,3)4/h19H,5-16H2,1-4H3. The lowest BCUT2D eigenvalue weighted by Crippen LogP contribution is -2.46. The Bertz CT molecular complexity index is 222. The predicted octanol–water partition coefficient (Wildman–Crippen LogP) is 5.69. The second-order valence-corrected chi connectivity index (χ2v) is 7.83. The molecular formula is C18H37N. The summed E-state index contributed by atoms with van der Waals surface area (Å²) >= 11 is 0. The van der Waals surface area contributed by atoms with E-state index in [2.05, 4.69) is 33.0 Å². The van der Waals surface area contributed by atoms with E-state index in [1.165, 1.54) is 77.2 Å². The molecule has 1 fully saturated rings. The summed E-state index contributed by atoms with van der Waals surface area (Å²) in [6, 6.07) is 0. The normalized spacial score (nSPS) is 18.3. The summed E-state index contributed by atoms with van der Waals surface area (Å²) < 4.78 is 0. The maximum absolute atomic E-state index is 3.73. The van der Waals surface area contributed by atoms with Gasteiger partial charge in [0.2, 0.25) is 0 Å². The Hall–Kier alpha value is -0.0400. The van der Waals surface area contributed by atoms with Crippen molar-refractivity contribution in [3.05, 3.63) is 0 Å². The third-order valence-corrected chi connectivity index (χ3v) is 4.72. The number of hydrogen-bond acceptors (Lipinski definition) is 1. The van der Waals surface area contributed by atoms with Crippen LogP contribution in [0.4, 0.5) is 0 Å². The van der Waals surface area contributed by atoms with Crippen LogP contribution in [0.2, 0.25) is 0 Å². The predicted molar refractivity (Wildman–Crippen MR) is 86.6 cm³/mol. The molecule has 0 aromatic heterocycles. The molecule has 0 radical (unpaired) electrons. The van der Waals surface area contributed by atoms with Gasteiger partial charge in [-0.2, -0.15) is 0 Å². The van der Waals surface area contributed by atoms with Crippen LogP contribution in [0, 0.1) is 5.41 Å². The zero-order valence-electron chi connectivity index (χ0n) is 14.0. The average molecular weight is 268 g/mol. The van der Waals surface area contributed by atoms with E-state index in [1.807, 2.05) is 0 Å². The zero-order chi connectivity index (χ0) is 14.2. The van der Waals surface area contributed by atoms with Gasteiger partial charge in [0.05, 0.1) is 0 Å². The van der Waals surface area contributed by atoms with Crippen molar-refractivity contribution in [3.8, 4) is 0 Å². The summed E-state index contributed by atoms with van der Waals surface area (Å²) in [6.07, 6.45) is 15.9. The van der Waals surface area contributed by atoms with Crippen LogP contribution in [-0.2, 0) is 0 Å². The number of rotatable bonds is 10. The van der Waals surface area contributed by atoms with E-state index >= 15 is 0 Å². The number of hydrogen-bond donors (Lipinski definition) is 1. The van der Waals surface area contributed by atoms with Crippen LogP contribution in [0.25, 0.3) is 0 Å². The van der Waals surface area contributed by atoms with E-state index in [1.54, 1.807) is 0 Å². The van der Waals surface area contributed by atoms with Crippen LogP contribution < -0.4 is 5.32 Å². The smallest absolute Gasteiger partial charge is 0.00967 e. The highest BCUT2D eigenvalue weighted by Gasteiger charge is 2.36. The molecule has 1 aliphatic carbocycles. The SMILES string of the molecule is CCCCCCCCCC1(CNC(C)(C)C)CCC1. The Morgan fingerprint density at radius 1 is 0.895 bits per heavy atom. The molecule has 0 spiro atoms. The van der Waals surface area contributed by atoms with Crippen LogP contribution >= 0.6 is 0 Å². The molecule has 1 saturated carbocycles. The second-order valence-electron chi connectivity index (χ2n) is 7.83. The first kappa shape index (κ1) is 17.0. The average Bonchev–Trinajstić information content (AvgIpc) is 2.28. The topological polar surface area (TPSA) is 12.0 Å². The highest BCUT2D eigenvalue weighted by Crippen LogP contribution is 2.44. The fraction of sp³-hybridized carbons (Fsp3) is 1.00. The molecule has 0 aliphatic heterocycles. The van der Waals surface area contributed by atoms with Crippen LogP contribution in [-0.4, -0.2) is 12.1 Å². The number of unbranched alkanes of at least 4 members (excludes halogenated alkanes) is 6. The molecular weight excluding hydrogens is 230 g/mol. The molecule has 0 bridgehead atoms. The largest absolute Gasteiger partial charge is 0.312 e. The monoisotopic (exact) mass is 267 g/mol. The molecule has 1 N–H and O–H groups in total. The van der Waals surface area contributed by atoms with Crippen molar-refractivity contribution in [2.24, 2.45) is 5.41 Å². The lowest BCUT2D eigenvalue weighted by Gasteiger charge is -2.44. The van der Waals surface area contributed by atoms with Gasteiger partial charge in [-0.3, -0.25) is 0 Å². The molecule has 1 aliphatic rings. The van der Waals surface area contributed by atoms with Gasteiger partial charge in [-0.05, 0) is 45.4 Å². The molecule has 0 aromatic rings. The molecule has 0 aromatic carbocycles. The first-order chi connectivity index (χ1) is 8.97. The Kier molecular flexibility index (Phi) is 7.42. The summed E-state index contributed by atoms with van der Waals surface area (Å²) in [4.78, 5) is 0. The van der Waals surface area contributed by atoms with Gasteiger partial charge in [-0.25, -0.2) is 0 Å². The van der Waals surface area contributed by atoms with Crippen LogP contribution in [0.3, 0.4) is 0 Å². The van der Waals surface area contributed by atoms with Crippen molar-refractivity contribution in [1.29, 1.82) is 0 Å². The minimum absolute atomic E-state index is 0.280. The minimum atomic E-state index is 0.280. The molecule has 0 amide bonds. The summed E-state index contributed by atoms with van der Waals surface area (Å²) in [5, 5.41) is 3.73. The van der Waals surface area contributed by atoms with Crippen molar-refractivity contribution < 1.29 is 0 Å². The van der Waals surface area contributed by atoms with Crippen molar-refractivity contribution in [2.45, 2.75) is 104 Å². The Morgan fingerprint density at radius 3 is 1.95 bits per heavy atom. The van der Waals surface area contributed by atoms with Crippen LogP contribution in [0.1, 0.15) is 98.3 Å². The molecule has 0 unspecified atom stereocenters. The van der Waals surface area contributed by atoms with Gasteiger partial charge in [0.15, 0.2) is 0 Å². The van der Waals surface area contributed by atoms with Crippen molar-refractivity contribution >= 4 is 0 Å². The van der Waals surface area contributed by atoms with E-state index in [4.69, 9.17) is 0 Å². The quantitative estimate of drug-likeness (QED) is 0.502. The van der Waals surface area contributed by atoms with Crippen LogP contribution in [0.15, 0.2) is 0 Å². The maximum atomic E-state index is 3.73. The van der Waals surface area contributed by atoms with E-state index in [0.717, 1.165) is 0 Å². The Balaban J connectivity index is 2.08. The fourth-order valence-corrected chi connectivity index (χ4v) is 3.10. The van der Waals surface area contributed by atoms with Gasteiger partial charge in [0.25, 0.3) is 0 Å². The minimum Gasteiger partial charge on any atom is -0.312 e. The van der Waals surface area contributed by atoms with Crippen molar-refractivity contribution in [3.63, 3.8) is 0 Å². The van der Waals surface area contributed by atoms with Gasteiger partial charge in [0, 0.05) is 12.1 Å². The molecule has 19 heavy (non-hydrogen) atoms. The van der Waals surface area contributed by atoms with Gasteiger partial charge in [-0.1, -0.05) is 58.3 Å². The van der Waals surface area contributed by atoms with E-state index in [9.17, 15) is 0 Å². The molecule has 114 valence electrons. The second kappa shape index (κ2) is 8.29. The van der Waals surface area contributed by atoms with Gasteiger partial charge < -0.3 is 5.32 Å². The summed E-state index contributed by atoms with van der Waals surface area (Å²) in [7, 11) is 0. The molecule has 1 heteroatoms. The Morgan fingerprint density at radius 2 is 1.47 bits per heavy atom. The molecule has 0 heterocycles. The van der Waals surface area contributed by atoms with E-state index in [-0.39, 0.29) is 5.54 Å². The van der Waals surface area contributed by atoms with Crippen molar-refractivity contribution in [2.75, 3.05) is 6.54 Å². The molecule has 1 nitrogen and oxygen atoms in total. The molecule has 0 saturated heterocycles. The number of nitrogens with one attached hydrogen (secondary N) is 1. The highest BCUT2D eigenvalue weighted by atomic mass is 15.0. The zero-order valence-corrected chi connectivity index (χ0v) is 14.0. The summed E-state index contributed by atoms with van der Waals surface area (Å²) in [6.45, 7) is 10.4. The van der Waals surface area contributed by atoms with Gasteiger partial charge in [0.1, 0.15) is 0 Å². The highest BCUT2D eigenvalue weighted by molar-refractivity contribution is 4.91. The van der Waals surface area contributed by atoms with Crippen LogP contribution in [0.5, 0.6) is 0 Å². The van der Waals surface area contributed by atoms with E-state index < -0.39 is 0 Å². The van der Waals surface area contributed by atoms with E-state index in [0.29, 0.717) is 5.41 Å². The summed E-state index contributed by atoms with van der Waals surface area (Å²) in [5.41, 5.74) is 0.944. The third kappa shape index (κ3) is 7.34. The maximum Gasteiger partial charge on any atom is 0.00967 e.